The van der Waals surface area contributed by atoms with Gasteiger partial charge < -0.3 is 25.0 Å². The molecule has 1 saturated heterocycles. The van der Waals surface area contributed by atoms with Crippen LogP contribution in [-0.2, 0) is 11.3 Å². The standard InChI is InChI=1S/C19H31N5O3/c1-6-20-17(22-12-14-7-9-21-16(11-14)26-5)24-10-8-15(13-24)23-18(25)27-19(2,3)4/h7,9,11,15H,6,8,10,12-13H2,1-5H3,(H,20,22)(H,23,25). The molecule has 1 fully saturated rings. The number of nitrogens with one attached hydrogen (secondary N) is 2. The van der Waals surface area contributed by atoms with Gasteiger partial charge in [-0.1, -0.05) is 0 Å². The Morgan fingerprint density at radius 3 is 2.89 bits per heavy atom. The van der Waals surface area contributed by atoms with E-state index in [4.69, 9.17) is 14.5 Å². The van der Waals surface area contributed by atoms with Gasteiger partial charge in [-0.05, 0) is 45.7 Å². The second-order valence-electron chi connectivity index (χ2n) is 7.45. The van der Waals surface area contributed by atoms with E-state index in [0.29, 0.717) is 19.0 Å². The average molecular weight is 377 g/mol. The van der Waals surface area contributed by atoms with E-state index in [1.807, 2.05) is 39.8 Å². The first-order chi connectivity index (χ1) is 12.8. The van der Waals surface area contributed by atoms with Crippen LogP contribution in [0.2, 0.25) is 0 Å². The molecule has 27 heavy (non-hydrogen) atoms. The summed E-state index contributed by atoms with van der Waals surface area (Å²) in [5.41, 5.74) is 0.532. The number of hydrogen-bond donors (Lipinski definition) is 2. The monoisotopic (exact) mass is 377 g/mol. The third kappa shape index (κ3) is 6.96. The van der Waals surface area contributed by atoms with Crippen molar-refractivity contribution in [2.75, 3.05) is 26.7 Å². The maximum absolute atomic E-state index is 12.0. The van der Waals surface area contributed by atoms with E-state index < -0.39 is 5.60 Å². The number of likely N-dealkylation sites (tertiary alicyclic amines) is 1. The lowest BCUT2D eigenvalue weighted by molar-refractivity contribution is 0.0507. The summed E-state index contributed by atoms with van der Waals surface area (Å²) < 4.78 is 10.5. The first kappa shape index (κ1) is 20.8. The molecule has 0 radical (unpaired) electrons. The number of amides is 1. The molecular formula is C19H31N5O3. The topological polar surface area (TPSA) is 88.1 Å². The predicted octanol–water partition coefficient (Wildman–Crippen LogP) is 2.15. The number of nitrogens with zero attached hydrogens (tertiary/aromatic N) is 3. The minimum atomic E-state index is -0.496. The van der Waals surface area contributed by atoms with E-state index in [1.54, 1.807) is 13.3 Å². The highest BCUT2D eigenvalue weighted by molar-refractivity contribution is 5.80. The lowest BCUT2D eigenvalue weighted by atomic mass is 10.2. The number of guanidine groups is 1. The van der Waals surface area contributed by atoms with E-state index in [9.17, 15) is 4.79 Å². The largest absolute Gasteiger partial charge is 0.481 e. The molecule has 1 aliphatic rings. The van der Waals surface area contributed by atoms with Crippen LogP contribution < -0.4 is 15.4 Å². The number of carbonyl (C=O) groups excluding carboxylic acids is 1. The number of alkyl carbamates (subject to hydrolysis) is 1. The van der Waals surface area contributed by atoms with Gasteiger partial charge in [-0.2, -0.15) is 0 Å². The van der Waals surface area contributed by atoms with Crippen molar-refractivity contribution < 1.29 is 14.3 Å². The highest BCUT2D eigenvalue weighted by Crippen LogP contribution is 2.13. The smallest absolute Gasteiger partial charge is 0.407 e. The van der Waals surface area contributed by atoms with Gasteiger partial charge in [0.1, 0.15) is 5.60 Å². The number of carbonyl (C=O) groups is 1. The summed E-state index contributed by atoms with van der Waals surface area (Å²) in [6.07, 6.45) is 2.19. The van der Waals surface area contributed by atoms with Crippen LogP contribution in [0.25, 0.3) is 0 Å². The molecule has 1 amide bonds. The van der Waals surface area contributed by atoms with Crippen LogP contribution in [0.1, 0.15) is 39.7 Å². The molecule has 1 unspecified atom stereocenters. The van der Waals surface area contributed by atoms with Gasteiger partial charge in [-0.15, -0.1) is 0 Å². The Kier molecular flexibility index (Phi) is 7.27. The fourth-order valence-electron chi connectivity index (χ4n) is 2.80. The lowest BCUT2D eigenvalue weighted by Gasteiger charge is -2.23. The Hall–Kier alpha value is -2.51. The number of aromatic nitrogens is 1. The van der Waals surface area contributed by atoms with Crippen molar-refractivity contribution in [2.24, 2.45) is 4.99 Å². The minimum absolute atomic E-state index is 0.0460. The summed E-state index contributed by atoms with van der Waals surface area (Å²) in [4.78, 5) is 23.0. The SMILES string of the molecule is CCNC(=NCc1ccnc(OC)c1)N1CCC(NC(=O)OC(C)(C)C)C1. The first-order valence-electron chi connectivity index (χ1n) is 9.32. The fraction of sp³-hybridized carbons (Fsp3) is 0.632. The van der Waals surface area contributed by atoms with Crippen LogP contribution >= 0.6 is 0 Å². The maximum Gasteiger partial charge on any atom is 0.407 e. The third-order valence-corrected chi connectivity index (χ3v) is 3.96. The number of pyridine rings is 1. The molecule has 0 aliphatic carbocycles. The van der Waals surface area contributed by atoms with Gasteiger partial charge in [-0.25, -0.2) is 14.8 Å². The second-order valence-corrected chi connectivity index (χ2v) is 7.45. The molecule has 8 nitrogen and oxygen atoms in total. The van der Waals surface area contributed by atoms with Gasteiger partial charge in [0.05, 0.1) is 19.7 Å². The molecule has 0 spiro atoms. The first-order valence-corrected chi connectivity index (χ1v) is 9.32. The van der Waals surface area contributed by atoms with E-state index >= 15 is 0 Å². The van der Waals surface area contributed by atoms with Crippen molar-refractivity contribution in [3.63, 3.8) is 0 Å². The summed E-state index contributed by atoms with van der Waals surface area (Å²) >= 11 is 0. The minimum Gasteiger partial charge on any atom is -0.481 e. The zero-order chi connectivity index (χ0) is 19.9. The van der Waals surface area contributed by atoms with E-state index in [-0.39, 0.29) is 12.1 Å². The summed E-state index contributed by atoms with van der Waals surface area (Å²) in [6, 6.07) is 3.85. The second kappa shape index (κ2) is 9.43. The third-order valence-electron chi connectivity index (χ3n) is 3.96. The van der Waals surface area contributed by atoms with Gasteiger partial charge in [0, 0.05) is 31.9 Å². The molecular weight excluding hydrogens is 346 g/mol. The number of methoxy groups -OCH3 is 1. The van der Waals surface area contributed by atoms with Gasteiger partial charge >= 0.3 is 6.09 Å². The van der Waals surface area contributed by atoms with Crippen LogP contribution in [0.3, 0.4) is 0 Å². The zero-order valence-electron chi connectivity index (χ0n) is 16.9. The van der Waals surface area contributed by atoms with Crippen LogP contribution in [0.4, 0.5) is 4.79 Å². The van der Waals surface area contributed by atoms with Crippen molar-refractivity contribution in [1.82, 2.24) is 20.5 Å². The average Bonchev–Trinajstić information content (AvgIpc) is 3.05. The molecule has 1 atom stereocenters. The van der Waals surface area contributed by atoms with Crippen molar-refractivity contribution in [3.05, 3.63) is 23.9 Å². The molecule has 1 aromatic heterocycles. The van der Waals surface area contributed by atoms with E-state index in [2.05, 4.69) is 20.5 Å². The summed E-state index contributed by atoms with van der Waals surface area (Å²) in [7, 11) is 1.60. The number of hydrogen-bond acceptors (Lipinski definition) is 5. The maximum atomic E-state index is 12.0. The molecule has 0 saturated carbocycles. The van der Waals surface area contributed by atoms with E-state index in [1.165, 1.54) is 0 Å². The summed E-state index contributed by atoms with van der Waals surface area (Å²) in [5.74, 6) is 1.41. The van der Waals surface area contributed by atoms with Gasteiger partial charge in [0.25, 0.3) is 0 Å². The predicted molar refractivity (Wildman–Crippen MR) is 105 cm³/mol. The van der Waals surface area contributed by atoms with Crippen LogP contribution in [0, 0.1) is 0 Å². The summed E-state index contributed by atoms with van der Waals surface area (Å²) in [5, 5.41) is 6.26. The van der Waals surface area contributed by atoms with Crippen molar-refractivity contribution in [1.29, 1.82) is 0 Å². The molecule has 0 bridgehead atoms. The molecule has 2 N–H and O–H groups in total. The zero-order valence-corrected chi connectivity index (χ0v) is 16.9. The van der Waals surface area contributed by atoms with Crippen LogP contribution in [-0.4, -0.2) is 60.3 Å². The summed E-state index contributed by atoms with van der Waals surface area (Å²) in [6.45, 7) is 10.4. The molecule has 2 rings (SSSR count). The van der Waals surface area contributed by atoms with Crippen LogP contribution in [0.5, 0.6) is 5.88 Å². The molecule has 1 aliphatic heterocycles. The number of ether oxygens (including phenoxy) is 2. The Labute approximate surface area is 161 Å². The van der Waals surface area contributed by atoms with Gasteiger partial charge in [0.2, 0.25) is 5.88 Å². The number of aliphatic imine (C=N–C) groups is 1. The molecule has 8 heteroatoms. The van der Waals surface area contributed by atoms with Crippen molar-refractivity contribution in [2.45, 2.75) is 52.3 Å². The van der Waals surface area contributed by atoms with Crippen molar-refractivity contribution >= 4 is 12.1 Å². The highest BCUT2D eigenvalue weighted by Gasteiger charge is 2.27. The highest BCUT2D eigenvalue weighted by atomic mass is 16.6. The van der Waals surface area contributed by atoms with Gasteiger partial charge in [-0.3, -0.25) is 0 Å². The van der Waals surface area contributed by atoms with Crippen molar-refractivity contribution in [3.8, 4) is 5.88 Å². The Morgan fingerprint density at radius 2 is 2.22 bits per heavy atom. The van der Waals surface area contributed by atoms with E-state index in [0.717, 1.165) is 31.0 Å². The molecule has 0 aromatic carbocycles. The van der Waals surface area contributed by atoms with Gasteiger partial charge in [0.15, 0.2) is 5.96 Å². The quantitative estimate of drug-likeness (QED) is 0.604. The Morgan fingerprint density at radius 1 is 1.44 bits per heavy atom. The molecule has 2 heterocycles. The normalized spacial score (nSPS) is 17.6. The molecule has 1 aromatic rings. The molecule has 150 valence electrons. The van der Waals surface area contributed by atoms with Crippen LogP contribution in [0.15, 0.2) is 23.3 Å². The Balaban J connectivity index is 1.95. The Bertz CT molecular complexity index is 657. The lowest BCUT2D eigenvalue weighted by Crippen LogP contribution is -2.44. The number of rotatable bonds is 5. The fourth-order valence-corrected chi connectivity index (χ4v) is 2.80.